The van der Waals surface area contributed by atoms with Crippen molar-refractivity contribution in [3.05, 3.63) is 29.8 Å². The molecule has 1 fully saturated rings. The van der Waals surface area contributed by atoms with Crippen LogP contribution < -0.4 is 16.0 Å². The van der Waals surface area contributed by atoms with Gasteiger partial charge in [0.1, 0.15) is 0 Å². The van der Waals surface area contributed by atoms with Crippen LogP contribution in [0, 0.1) is 5.92 Å². The lowest BCUT2D eigenvalue weighted by Crippen LogP contribution is -2.40. The molecule has 0 unspecified atom stereocenters. The smallest absolute Gasteiger partial charge is 0.250 e. The largest absolute Gasteiger partial charge is 0.369 e. The second kappa shape index (κ2) is 7.29. The molecule has 1 saturated heterocycles. The molecule has 1 heterocycles. The van der Waals surface area contributed by atoms with Gasteiger partial charge in [0.2, 0.25) is 5.91 Å². The molecule has 2 amide bonds. The van der Waals surface area contributed by atoms with E-state index >= 15 is 0 Å². The number of amides is 2. The Bertz CT molecular complexity index is 544. The van der Waals surface area contributed by atoms with Gasteiger partial charge in [0.15, 0.2) is 0 Å². The Labute approximate surface area is 131 Å². The lowest BCUT2D eigenvalue weighted by molar-refractivity contribution is -0.125. The first-order valence-electron chi connectivity index (χ1n) is 7.97. The van der Waals surface area contributed by atoms with Crippen molar-refractivity contribution in [1.29, 1.82) is 0 Å². The number of para-hydroxylation sites is 1. The number of carbonyl (C=O) groups excluding carboxylic acids is 2. The molecule has 0 spiro atoms. The molecule has 1 aliphatic heterocycles. The Hall–Kier alpha value is -2.04. The molecule has 5 nitrogen and oxygen atoms in total. The van der Waals surface area contributed by atoms with E-state index in [1.165, 1.54) is 0 Å². The second-order valence-corrected chi connectivity index (χ2v) is 6.01. The molecular weight excluding hydrogens is 278 g/mol. The maximum absolute atomic E-state index is 12.1. The molecule has 3 N–H and O–H groups in total. The molecule has 0 aliphatic carbocycles. The van der Waals surface area contributed by atoms with Crippen LogP contribution in [0.25, 0.3) is 0 Å². The van der Waals surface area contributed by atoms with Crippen molar-refractivity contribution in [1.82, 2.24) is 5.32 Å². The van der Waals surface area contributed by atoms with E-state index in [4.69, 9.17) is 5.73 Å². The first kappa shape index (κ1) is 16.3. The Kier molecular flexibility index (Phi) is 5.41. The van der Waals surface area contributed by atoms with Gasteiger partial charge in [-0.2, -0.15) is 0 Å². The van der Waals surface area contributed by atoms with Crippen molar-refractivity contribution in [2.24, 2.45) is 11.7 Å². The molecule has 5 heteroatoms. The molecule has 22 heavy (non-hydrogen) atoms. The first-order chi connectivity index (χ1) is 10.5. The van der Waals surface area contributed by atoms with E-state index in [0.29, 0.717) is 5.56 Å². The molecule has 2 rings (SSSR count). The number of nitrogens with two attached hydrogens (primary N) is 1. The summed E-state index contributed by atoms with van der Waals surface area (Å²) in [4.78, 5) is 25.7. The predicted octanol–water partition coefficient (Wildman–Crippen LogP) is 1.92. The highest BCUT2D eigenvalue weighted by Gasteiger charge is 2.27. The fourth-order valence-corrected chi connectivity index (χ4v) is 2.96. The third kappa shape index (κ3) is 3.78. The summed E-state index contributed by atoms with van der Waals surface area (Å²) in [7, 11) is 0. The average molecular weight is 303 g/mol. The van der Waals surface area contributed by atoms with Crippen LogP contribution in [0.15, 0.2) is 24.3 Å². The molecule has 1 aliphatic rings. The van der Waals surface area contributed by atoms with Crippen LogP contribution in [0.5, 0.6) is 0 Å². The molecule has 0 aromatic heterocycles. The number of nitrogens with one attached hydrogen (secondary N) is 1. The van der Waals surface area contributed by atoms with Crippen molar-refractivity contribution in [3.63, 3.8) is 0 Å². The SMILES string of the molecule is CCC[C@@H](C)C(=O)N[C@H]1CCN(c2ccccc2C(N)=O)C1. The normalized spacial score (nSPS) is 19.0. The van der Waals surface area contributed by atoms with E-state index in [2.05, 4.69) is 17.1 Å². The van der Waals surface area contributed by atoms with Crippen LogP contribution in [0.2, 0.25) is 0 Å². The zero-order chi connectivity index (χ0) is 16.1. The number of primary amides is 1. The molecular formula is C17H25N3O2. The van der Waals surface area contributed by atoms with Gasteiger partial charge in [-0.3, -0.25) is 9.59 Å². The molecule has 0 bridgehead atoms. The molecule has 2 atom stereocenters. The standard InChI is InChI=1S/C17H25N3O2/c1-3-6-12(2)17(22)19-13-9-10-20(11-13)15-8-5-4-7-14(15)16(18)21/h4-5,7-8,12-13H,3,6,9-11H2,1-2H3,(H2,18,21)(H,19,22)/t12-,13+/m1/s1. The van der Waals surface area contributed by atoms with Gasteiger partial charge in [0.05, 0.1) is 5.56 Å². The Morgan fingerprint density at radius 1 is 1.41 bits per heavy atom. The molecule has 1 aromatic rings. The van der Waals surface area contributed by atoms with Crippen molar-refractivity contribution in [3.8, 4) is 0 Å². The van der Waals surface area contributed by atoms with Crippen LogP contribution in [-0.2, 0) is 4.79 Å². The zero-order valence-corrected chi connectivity index (χ0v) is 13.3. The van der Waals surface area contributed by atoms with Gasteiger partial charge in [0.25, 0.3) is 5.91 Å². The van der Waals surface area contributed by atoms with Crippen molar-refractivity contribution < 1.29 is 9.59 Å². The maximum Gasteiger partial charge on any atom is 0.250 e. The summed E-state index contributed by atoms with van der Waals surface area (Å²) in [5.41, 5.74) is 6.83. The number of benzene rings is 1. The topological polar surface area (TPSA) is 75.4 Å². The second-order valence-electron chi connectivity index (χ2n) is 6.01. The van der Waals surface area contributed by atoms with E-state index in [9.17, 15) is 9.59 Å². The molecule has 0 radical (unpaired) electrons. The number of carbonyl (C=O) groups is 2. The number of rotatable bonds is 6. The zero-order valence-electron chi connectivity index (χ0n) is 13.3. The van der Waals surface area contributed by atoms with E-state index in [0.717, 1.165) is 38.0 Å². The maximum atomic E-state index is 12.1. The number of anilines is 1. The monoisotopic (exact) mass is 303 g/mol. The lowest BCUT2D eigenvalue weighted by atomic mass is 10.0. The molecule has 120 valence electrons. The molecule has 1 aromatic carbocycles. The van der Waals surface area contributed by atoms with Crippen LogP contribution in [0.4, 0.5) is 5.69 Å². The van der Waals surface area contributed by atoms with Gasteiger partial charge < -0.3 is 16.0 Å². The fraction of sp³-hybridized carbons (Fsp3) is 0.529. The Morgan fingerprint density at radius 3 is 2.82 bits per heavy atom. The summed E-state index contributed by atoms with van der Waals surface area (Å²) < 4.78 is 0. The predicted molar refractivity (Wildman–Crippen MR) is 87.8 cm³/mol. The summed E-state index contributed by atoms with van der Waals surface area (Å²) >= 11 is 0. The van der Waals surface area contributed by atoms with Gasteiger partial charge in [-0.1, -0.05) is 32.4 Å². The third-order valence-corrected chi connectivity index (χ3v) is 4.21. The van der Waals surface area contributed by atoms with Crippen LogP contribution in [0.1, 0.15) is 43.5 Å². The average Bonchev–Trinajstić information content (AvgIpc) is 2.95. The highest BCUT2D eigenvalue weighted by molar-refractivity contribution is 5.98. The van der Waals surface area contributed by atoms with Crippen LogP contribution in [-0.4, -0.2) is 30.9 Å². The quantitative estimate of drug-likeness (QED) is 0.843. The Morgan fingerprint density at radius 2 is 2.14 bits per heavy atom. The Balaban J connectivity index is 1.99. The number of hydrogen-bond donors (Lipinski definition) is 2. The highest BCUT2D eigenvalue weighted by atomic mass is 16.2. The van der Waals surface area contributed by atoms with Crippen molar-refractivity contribution in [2.45, 2.75) is 39.2 Å². The number of nitrogens with zero attached hydrogens (tertiary/aromatic N) is 1. The first-order valence-corrected chi connectivity index (χ1v) is 7.97. The highest BCUT2D eigenvalue weighted by Crippen LogP contribution is 2.24. The van der Waals surface area contributed by atoms with Crippen molar-refractivity contribution >= 4 is 17.5 Å². The summed E-state index contributed by atoms with van der Waals surface area (Å²) in [6, 6.07) is 7.49. The van der Waals surface area contributed by atoms with Gasteiger partial charge >= 0.3 is 0 Å². The summed E-state index contributed by atoms with van der Waals surface area (Å²) in [6.07, 6.45) is 2.81. The van der Waals surface area contributed by atoms with Gasteiger partial charge in [-0.15, -0.1) is 0 Å². The van der Waals surface area contributed by atoms with Crippen molar-refractivity contribution in [2.75, 3.05) is 18.0 Å². The minimum absolute atomic E-state index is 0.0527. The summed E-state index contributed by atoms with van der Waals surface area (Å²) in [6.45, 7) is 5.59. The summed E-state index contributed by atoms with van der Waals surface area (Å²) in [5, 5.41) is 3.12. The third-order valence-electron chi connectivity index (χ3n) is 4.21. The van der Waals surface area contributed by atoms with Gasteiger partial charge in [-0.05, 0) is 25.0 Å². The minimum atomic E-state index is -0.417. The fourth-order valence-electron chi connectivity index (χ4n) is 2.96. The minimum Gasteiger partial charge on any atom is -0.369 e. The summed E-state index contributed by atoms with van der Waals surface area (Å²) in [5.74, 6) is -0.242. The van der Waals surface area contributed by atoms with E-state index in [1.807, 2.05) is 25.1 Å². The van der Waals surface area contributed by atoms with Crippen LogP contribution in [0.3, 0.4) is 0 Å². The van der Waals surface area contributed by atoms with E-state index < -0.39 is 5.91 Å². The van der Waals surface area contributed by atoms with E-state index in [1.54, 1.807) is 6.07 Å². The van der Waals surface area contributed by atoms with Gasteiger partial charge in [0, 0.05) is 30.7 Å². The lowest BCUT2D eigenvalue weighted by Gasteiger charge is -2.21. The van der Waals surface area contributed by atoms with Gasteiger partial charge in [-0.25, -0.2) is 0 Å². The van der Waals surface area contributed by atoms with E-state index in [-0.39, 0.29) is 17.9 Å². The molecule has 0 saturated carbocycles. The van der Waals surface area contributed by atoms with Crippen LogP contribution >= 0.6 is 0 Å². The number of hydrogen-bond acceptors (Lipinski definition) is 3.